The number of ether oxygens (including phenoxy) is 2. The van der Waals surface area contributed by atoms with Crippen molar-refractivity contribution in [1.82, 2.24) is 10.2 Å². The van der Waals surface area contributed by atoms with E-state index in [9.17, 15) is 14.4 Å². The molecule has 1 aliphatic heterocycles. The van der Waals surface area contributed by atoms with Crippen LogP contribution in [0.25, 0.3) is 0 Å². The number of benzene rings is 2. The second-order valence-electron chi connectivity index (χ2n) is 7.63. The van der Waals surface area contributed by atoms with Crippen LogP contribution in [0.4, 0.5) is 11.4 Å². The van der Waals surface area contributed by atoms with Crippen LogP contribution in [0.1, 0.15) is 16.8 Å². The first-order chi connectivity index (χ1) is 16.0. The zero-order chi connectivity index (χ0) is 23.6. The lowest BCUT2D eigenvalue weighted by Crippen LogP contribution is -2.47. The number of anilines is 2. The summed E-state index contributed by atoms with van der Waals surface area (Å²) in [5.41, 5.74) is 1.90. The van der Waals surface area contributed by atoms with Gasteiger partial charge in [0.25, 0.3) is 0 Å². The van der Waals surface area contributed by atoms with Gasteiger partial charge in [-0.25, -0.2) is 4.79 Å². The molecule has 0 atom stereocenters. The summed E-state index contributed by atoms with van der Waals surface area (Å²) in [5.74, 6) is -1.02. The first-order valence-corrected chi connectivity index (χ1v) is 10.9. The van der Waals surface area contributed by atoms with Crippen molar-refractivity contribution in [2.45, 2.75) is 6.42 Å². The number of nitrogens with zero attached hydrogens (tertiary/aromatic N) is 2. The topological polar surface area (TPSA) is 100 Å². The Hall–Kier alpha value is -3.59. The summed E-state index contributed by atoms with van der Waals surface area (Å²) in [6.45, 7) is 4.92. The van der Waals surface area contributed by atoms with Crippen LogP contribution in [0.15, 0.2) is 48.5 Å². The van der Waals surface area contributed by atoms with Gasteiger partial charge in [0.05, 0.1) is 25.5 Å². The van der Waals surface area contributed by atoms with E-state index >= 15 is 0 Å². The third-order valence-corrected chi connectivity index (χ3v) is 5.50. The molecule has 1 fully saturated rings. The van der Waals surface area contributed by atoms with Crippen molar-refractivity contribution in [1.29, 1.82) is 0 Å². The van der Waals surface area contributed by atoms with Gasteiger partial charge in [-0.1, -0.05) is 12.1 Å². The van der Waals surface area contributed by atoms with Crippen LogP contribution < -0.4 is 20.3 Å². The number of esters is 1. The summed E-state index contributed by atoms with van der Waals surface area (Å²) >= 11 is 0. The minimum Gasteiger partial charge on any atom is -0.495 e. The quantitative estimate of drug-likeness (QED) is 0.356. The maximum absolute atomic E-state index is 12.1. The van der Waals surface area contributed by atoms with E-state index in [2.05, 4.69) is 31.2 Å². The highest BCUT2D eigenvalue weighted by Gasteiger charge is 2.19. The van der Waals surface area contributed by atoms with Crippen molar-refractivity contribution in [3.63, 3.8) is 0 Å². The lowest BCUT2D eigenvalue weighted by molar-refractivity contribution is -0.136. The molecule has 2 aromatic carbocycles. The summed E-state index contributed by atoms with van der Waals surface area (Å²) in [4.78, 5) is 40.2. The van der Waals surface area contributed by atoms with Crippen LogP contribution in [-0.4, -0.2) is 76.2 Å². The van der Waals surface area contributed by atoms with E-state index in [1.165, 1.54) is 19.2 Å². The molecule has 2 N–H and O–H groups in total. The second-order valence-corrected chi connectivity index (χ2v) is 7.63. The van der Waals surface area contributed by atoms with E-state index in [-0.39, 0.29) is 0 Å². The molecule has 0 saturated carbocycles. The van der Waals surface area contributed by atoms with E-state index in [1.807, 2.05) is 18.2 Å². The predicted molar refractivity (Wildman–Crippen MR) is 126 cm³/mol. The highest BCUT2D eigenvalue weighted by molar-refractivity contribution is 6.39. The summed E-state index contributed by atoms with van der Waals surface area (Å²) in [6, 6.07) is 14.2. The predicted octanol–water partition coefficient (Wildman–Crippen LogP) is 1.75. The number of rotatable bonds is 8. The molecule has 0 radical (unpaired) electrons. The van der Waals surface area contributed by atoms with Crippen molar-refractivity contribution >= 4 is 29.2 Å². The average Bonchev–Trinajstić information content (AvgIpc) is 2.86. The van der Waals surface area contributed by atoms with Gasteiger partial charge in [0.2, 0.25) is 0 Å². The summed E-state index contributed by atoms with van der Waals surface area (Å²) in [6.07, 6.45) is 0.751. The van der Waals surface area contributed by atoms with Gasteiger partial charge < -0.3 is 25.0 Å². The van der Waals surface area contributed by atoms with Crippen LogP contribution in [0, 0.1) is 0 Å². The molecule has 0 unspecified atom stereocenters. The monoisotopic (exact) mass is 454 g/mol. The molecule has 9 heteroatoms. The lowest BCUT2D eigenvalue weighted by atomic mass is 10.2. The first-order valence-electron chi connectivity index (χ1n) is 10.9. The maximum atomic E-state index is 12.1. The Morgan fingerprint density at radius 1 is 0.909 bits per heavy atom. The van der Waals surface area contributed by atoms with E-state index in [4.69, 9.17) is 4.74 Å². The van der Waals surface area contributed by atoms with E-state index in [0.717, 1.165) is 50.6 Å². The average molecular weight is 455 g/mol. The number of methoxy groups -OCH3 is 2. The van der Waals surface area contributed by atoms with E-state index in [0.29, 0.717) is 17.8 Å². The Morgan fingerprint density at radius 3 is 2.27 bits per heavy atom. The third-order valence-electron chi connectivity index (χ3n) is 5.50. The molecule has 9 nitrogen and oxygen atoms in total. The van der Waals surface area contributed by atoms with Gasteiger partial charge in [-0.05, 0) is 49.4 Å². The van der Waals surface area contributed by atoms with Gasteiger partial charge in [0, 0.05) is 38.4 Å². The smallest absolute Gasteiger partial charge is 0.337 e. The van der Waals surface area contributed by atoms with Crippen LogP contribution >= 0.6 is 0 Å². The molecule has 1 aliphatic rings. The Balaban J connectivity index is 1.34. The van der Waals surface area contributed by atoms with Crippen molar-refractivity contribution in [3.8, 4) is 5.75 Å². The fraction of sp³-hybridized carbons (Fsp3) is 0.375. The van der Waals surface area contributed by atoms with Crippen molar-refractivity contribution in [3.05, 3.63) is 54.1 Å². The molecular weight excluding hydrogens is 424 g/mol. The van der Waals surface area contributed by atoms with E-state index < -0.39 is 17.8 Å². The lowest BCUT2D eigenvalue weighted by Gasteiger charge is -2.36. The number of carbonyl (C=O) groups is 3. The van der Waals surface area contributed by atoms with Gasteiger partial charge >= 0.3 is 17.8 Å². The molecule has 0 aromatic heterocycles. The number of amides is 2. The SMILES string of the molecule is COC(=O)c1ccc(NC(=O)C(=O)NCCCN2CCN(c3ccccc3OC)CC2)cc1. The van der Waals surface area contributed by atoms with Crippen LogP contribution in [-0.2, 0) is 14.3 Å². The molecule has 2 amide bonds. The zero-order valence-electron chi connectivity index (χ0n) is 19.0. The minimum atomic E-state index is -0.744. The molecular formula is C24H30N4O5. The largest absolute Gasteiger partial charge is 0.495 e. The number of hydrogen-bond donors (Lipinski definition) is 2. The summed E-state index contributed by atoms with van der Waals surface area (Å²) < 4.78 is 10.1. The van der Waals surface area contributed by atoms with Gasteiger partial charge in [-0.2, -0.15) is 0 Å². The standard InChI is InChI=1S/C24H30N4O5/c1-32-21-7-4-3-6-20(21)28-16-14-27(15-17-28)13-5-12-25-22(29)23(30)26-19-10-8-18(9-11-19)24(31)33-2/h3-4,6-11H,5,12-17H2,1-2H3,(H,25,29)(H,26,30). The maximum Gasteiger partial charge on any atom is 0.337 e. The van der Waals surface area contributed by atoms with Crippen LogP contribution in [0.2, 0.25) is 0 Å². The van der Waals surface area contributed by atoms with Crippen molar-refractivity contribution < 1.29 is 23.9 Å². The normalized spacial score (nSPS) is 13.8. The molecule has 0 bridgehead atoms. The third kappa shape index (κ3) is 6.69. The number of para-hydroxylation sites is 2. The van der Waals surface area contributed by atoms with E-state index in [1.54, 1.807) is 19.2 Å². The minimum absolute atomic E-state index is 0.365. The Kier molecular flexibility index (Phi) is 8.65. The Labute approximate surface area is 193 Å². The number of hydrogen-bond acceptors (Lipinski definition) is 7. The molecule has 33 heavy (non-hydrogen) atoms. The number of nitrogens with one attached hydrogen (secondary N) is 2. The first kappa shape index (κ1) is 24.1. The second kappa shape index (κ2) is 11.9. The Morgan fingerprint density at radius 2 is 1.61 bits per heavy atom. The molecule has 1 heterocycles. The summed E-state index contributed by atoms with van der Waals surface area (Å²) in [7, 11) is 2.98. The highest BCUT2D eigenvalue weighted by atomic mass is 16.5. The highest BCUT2D eigenvalue weighted by Crippen LogP contribution is 2.28. The molecule has 0 aliphatic carbocycles. The molecule has 1 saturated heterocycles. The molecule has 2 aromatic rings. The number of piperazine rings is 1. The van der Waals surface area contributed by atoms with Crippen molar-refractivity contribution in [2.24, 2.45) is 0 Å². The van der Waals surface area contributed by atoms with Crippen LogP contribution in [0.3, 0.4) is 0 Å². The summed E-state index contributed by atoms with van der Waals surface area (Å²) in [5, 5.41) is 5.17. The fourth-order valence-electron chi connectivity index (χ4n) is 3.68. The van der Waals surface area contributed by atoms with Gasteiger partial charge in [0.15, 0.2) is 0 Å². The molecule has 0 spiro atoms. The van der Waals surface area contributed by atoms with Gasteiger partial charge in [-0.15, -0.1) is 0 Å². The number of carbonyl (C=O) groups excluding carboxylic acids is 3. The fourth-order valence-corrected chi connectivity index (χ4v) is 3.68. The van der Waals surface area contributed by atoms with Gasteiger partial charge in [0.1, 0.15) is 5.75 Å². The molecule has 176 valence electrons. The van der Waals surface area contributed by atoms with Crippen molar-refractivity contribution in [2.75, 3.05) is 63.7 Å². The zero-order valence-corrected chi connectivity index (χ0v) is 19.0. The Bertz CT molecular complexity index is 956. The van der Waals surface area contributed by atoms with Crippen LogP contribution in [0.5, 0.6) is 5.75 Å². The molecule has 3 rings (SSSR count). The van der Waals surface area contributed by atoms with Gasteiger partial charge in [-0.3, -0.25) is 14.5 Å².